The van der Waals surface area contributed by atoms with Crippen molar-refractivity contribution >= 4 is 0 Å². The van der Waals surface area contributed by atoms with Crippen LogP contribution < -0.4 is 5.32 Å². The molecular weight excluding hydrogens is 162 g/mol. The minimum atomic E-state index is 0.587. The first-order valence-electron chi connectivity index (χ1n) is 5.03. The molecule has 0 aliphatic carbocycles. The summed E-state index contributed by atoms with van der Waals surface area (Å²) in [5.74, 6) is 0. The molecule has 13 heavy (non-hydrogen) atoms. The highest BCUT2D eigenvalue weighted by Crippen LogP contribution is 1.95. The summed E-state index contributed by atoms with van der Waals surface area (Å²) in [6.07, 6.45) is 6.17. The van der Waals surface area contributed by atoms with Crippen molar-refractivity contribution in [1.82, 2.24) is 15.1 Å². The first-order chi connectivity index (χ1) is 6.33. The highest BCUT2D eigenvalue weighted by Gasteiger charge is 1.99. The van der Waals surface area contributed by atoms with Gasteiger partial charge in [0.25, 0.3) is 0 Å². The number of hydrogen-bond acceptors (Lipinski definition) is 2. The number of aromatic nitrogens is 2. The lowest BCUT2D eigenvalue weighted by molar-refractivity contribution is 0.459. The summed E-state index contributed by atoms with van der Waals surface area (Å²) >= 11 is 0. The molecule has 0 radical (unpaired) electrons. The van der Waals surface area contributed by atoms with Gasteiger partial charge in [0.2, 0.25) is 0 Å². The maximum absolute atomic E-state index is 4.16. The normalized spacial score (nSPS) is 13.1. The molecular formula is C10H19N3. The second-order valence-electron chi connectivity index (χ2n) is 3.41. The van der Waals surface area contributed by atoms with Gasteiger partial charge in [0.1, 0.15) is 0 Å². The van der Waals surface area contributed by atoms with Crippen LogP contribution in [0.25, 0.3) is 0 Å². The van der Waals surface area contributed by atoms with Crippen LogP contribution in [-0.4, -0.2) is 22.4 Å². The largest absolute Gasteiger partial charge is 0.314 e. The lowest BCUT2D eigenvalue weighted by Crippen LogP contribution is -2.27. The fourth-order valence-electron chi connectivity index (χ4n) is 1.25. The van der Waals surface area contributed by atoms with E-state index in [0.29, 0.717) is 6.04 Å². The second-order valence-corrected chi connectivity index (χ2v) is 3.41. The Labute approximate surface area is 80.1 Å². The van der Waals surface area contributed by atoms with Gasteiger partial charge in [-0.3, -0.25) is 4.68 Å². The standard InChI is InChI=1S/C10H19N3/c1-3-6-11-10(2)5-9-13-8-4-7-12-13/h4,7-8,10-11H,3,5-6,9H2,1-2H3. The van der Waals surface area contributed by atoms with Crippen LogP contribution in [0.2, 0.25) is 0 Å². The van der Waals surface area contributed by atoms with Crippen LogP contribution in [0.5, 0.6) is 0 Å². The Kier molecular flexibility index (Phi) is 4.54. The van der Waals surface area contributed by atoms with Crippen molar-refractivity contribution in [2.24, 2.45) is 0 Å². The quantitative estimate of drug-likeness (QED) is 0.723. The van der Waals surface area contributed by atoms with E-state index in [1.54, 1.807) is 0 Å². The number of rotatable bonds is 6. The van der Waals surface area contributed by atoms with E-state index in [1.165, 1.54) is 6.42 Å². The smallest absolute Gasteiger partial charge is 0.0489 e. The fourth-order valence-corrected chi connectivity index (χ4v) is 1.25. The molecule has 0 saturated carbocycles. The first-order valence-corrected chi connectivity index (χ1v) is 5.03. The molecule has 0 aromatic carbocycles. The van der Waals surface area contributed by atoms with Gasteiger partial charge < -0.3 is 5.32 Å². The zero-order valence-corrected chi connectivity index (χ0v) is 8.53. The van der Waals surface area contributed by atoms with Gasteiger partial charge in [-0.2, -0.15) is 5.10 Å². The number of hydrogen-bond donors (Lipinski definition) is 1. The third-order valence-electron chi connectivity index (χ3n) is 2.09. The van der Waals surface area contributed by atoms with Gasteiger partial charge in [-0.15, -0.1) is 0 Å². The van der Waals surface area contributed by atoms with Crippen molar-refractivity contribution in [3.63, 3.8) is 0 Å². The minimum absolute atomic E-state index is 0.587. The molecule has 3 nitrogen and oxygen atoms in total. The van der Waals surface area contributed by atoms with Gasteiger partial charge in [0.15, 0.2) is 0 Å². The van der Waals surface area contributed by atoms with Crippen LogP contribution in [0.1, 0.15) is 26.7 Å². The average molecular weight is 181 g/mol. The summed E-state index contributed by atoms with van der Waals surface area (Å²) in [5, 5.41) is 7.61. The Morgan fingerprint density at radius 2 is 2.38 bits per heavy atom. The molecule has 1 atom stereocenters. The van der Waals surface area contributed by atoms with Gasteiger partial charge in [0.05, 0.1) is 0 Å². The van der Waals surface area contributed by atoms with Crippen LogP contribution in [-0.2, 0) is 6.54 Å². The van der Waals surface area contributed by atoms with E-state index in [-0.39, 0.29) is 0 Å². The topological polar surface area (TPSA) is 29.9 Å². The van der Waals surface area contributed by atoms with E-state index in [9.17, 15) is 0 Å². The monoisotopic (exact) mass is 181 g/mol. The number of nitrogens with one attached hydrogen (secondary N) is 1. The Morgan fingerprint density at radius 1 is 1.54 bits per heavy atom. The first kappa shape index (κ1) is 10.3. The molecule has 1 heterocycles. The third-order valence-corrected chi connectivity index (χ3v) is 2.09. The van der Waals surface area contributed by atoms with Gasteiger partial charge >= 0.3 is 0 Å². The van der Waals surface area contributed by atoms with Crippen molar-refractivity contribution < 1.29 is 0 Å². The Bertz CT molecular complexity index is 206. The Hall–Kier alpha value is -0.830. The SMILES string of the molecule is CCCNC(C)CCn1cccn1. The van der Waals surface area contributed by atoms with Crippen LogP contribution >= 0.6 is 0 Å². The maximum Gasteiger partial charge on any atom is 0.0489 e. The molecule has 1 unspecified atom stereocenters. The molecule has 1 aromatic rings. The summed E-state index contributed by atoms with van der Waals surface area (Å²) in [7, 11) is 0. The van der Waals surface area contributed by atoms with E-state index in [0.717, 1.165) is 19.5 Å². The lowest BCUT2D eigenvalue weighted by atomic mass is 10.2. The van der Waals surface area contributed by atoms with Gasteiger partial charge in [-0.25, -0.2) is 0 Å². The van der Waals surface area contributed by atoms with Crippen molar-refractivity contribution in [2.75, 3.05) is 6.54 Å². The summed E-state index contributed by atoms with van der Waals surface area (Å²) in [6, 6.07) is 2.55. The summed E-state index contributed by atoms with van der Waals surface area (Å²) in [6.45, 7) is 6.53. The molecule has 3 heteroatoms. The molecule has 0 amide bonds. The fraction of sp³-hybridized carbons (Fsp3) is 0.700. The summed E-state index contributed by atoms with van der Waals surface area (Å²) < 4.78 is 1.98. The highest BCUT2D eigenvalue weighted by atomic mass is 15.3. The molecule has 0 aliphatic heterocycles. The van der Waals surface area contributed by atoms with E-state index in [4.69, 9.17) is 0 Å². The Balaban J connectivity index is 2.11. The third kappa shape index (κ3) is 4.08. The van der Waals surface area contributed by atoms with Gasteiger partial charge in [-0.1, -0.05) is 6.92 Å². The molecule has 1 N–H and O–H groups in total. The number of nitrogens with zero attached hydrogens (tertiary/aromatic N) is 2. The van der Waals surface area contributed by atoms with Crippen molar-refractivity contribution in [2.45, 2.75) is 39.3 Å². The lowest BCUT2D eigenvalue weighted by Gasteiger charge is -2.12. The van der Waals surface area contributed by atoms with E-state index in [1.807, 2.05) is 23.1 Å². The predicted octanol–water partition coefficient (Wildman–Crippen LogP) is 1.66. The summed E-state index contributed by atoms with van der Waals surface area (Å²) in [5.41, 5.74) is 0. The van der Waals surface area contributed by atoms with Crippen molar-refractivity contribution in [3.8, 4) is 0 Å². The molecule has 1 rings (SSSR count). The highest BCUT2D eigenvalue weighted by molar-refractivity contribution is 4.78. The van der Waals surface area contributed by atoms with Crippen molar-refractivity contribution in [3.05, 3.63) is 18.5 Å². The van der Waals surface area contributed by atoms with Crippen molar-refractivity contribution in [1.29, 1.82) is 0 Å². The predicted molar refractivity (Wildman–Crippen MR) is 54.6 cm³/mol. The molecule has 74 valence electrons. The molecule has 0 spiro atoms. The molecule has 0 bridgehead atoms. The van der Waals surface area contributed by atoms with Gasteiger partial charge in [-0.05, 0) is 32.4 Å². The van der Waals surface area contributed by atoms with Crippen LogP contribution in [0.4, 0.5) is 0 Å². The van der Waals surface area contributed by atoms with Crippen LogP contribution in [0.3, 0.4) is 0 Å². The van der Waals surface area contributed by atoms with E-state index >= 15 is 0 Å². The van der Waals surface area contributed by atoms with E-state index in [2.05, 4.69) is 24.3 Å². The zero-order valence-electron chi connectivity index (χ0n) is 8.53. The second kappa shape index (κ2) is 5.75. The van der Waals surface area contributed by atoms with Crippen LogP contribution in [0, 0.1) is 0 Å². The Morgan fingerprint density at radius 3 is 3.00 bits per heavy atom. The van der Waals surface area contributed by atoms with Crippen LogP contribution in [0.15, 0.2) is 18.5 Å². The molecule has 0 fully saturated rings. The van der Waals surface area contributed by atoms with Gasteiger partial charge in [0, 0.05) is 25.0 Å². The molecule has 0 saturated heterocycles. The maximum atomic E-state index is 4.16. The molecule has 0 aliphatic rings. The number of aryl methyl sites for hydroxylation is 1. The zero-order chi connectivity index (χ0) is 9.52. The molecule has 1 aromatic heterocycles. The summed E-state index contributed by atoms with van der Waals surface area (Å²) in [4.78, 5) is 0. The average Bonchev–Trinajstić information content (AvgIpc) is 2.64. The van der Waals surface area contributed by atoms with E-state index < -0.39 is 0 Å². The minimum Gasteiger partial charge on any atom is -0.314 e.